The number of benzene rings is 3. The third-order valence-electron chi connectivity index (χ3n) is 16.2. The van der Waals surface area contributed by atoms with Crippen molar-refractivity contribution in [2.75, 3.05) is 49.5 Å². The lowest BCUT2D eigenvalue weighted by atomic mass is 9.59. The number of nitrogens with one attached hydrogen (secondary N) is 3. The highest BCUT2D eigenvalue weighted by Crippen LogP contribution is 2.54. The van der Waals surface area contributed by atoms with E-state index in [4.69, 9.17) is 9.47 Å². The number of hydrogen-bond donors (Lipinski definition) is 4. The summed E-state index contributed by atoms with van der Waals surface area (Å²) < 4.78 is 57.1. The fraction of sp³-hybridized carbons (Fsp3) is 0.491. The molecular weight excluding hydrogens is 944 g/mol. The molecule has 2 aliphatic carbocycles. The average Bonchev–Trinajstić information content (AvgIpc) is 3.73. The summed E-state index contributed by atoms with van der Waals surface area (Å²) in [5.74, 6) is -0.930. The molecule has 5 aromatic rings. The van der Waals surface area contributed by atoms with Crippen LogP contribution < -0.4 is 24.4 Å². The third kappa shape index (κ3) is 9.69. The van der Waals surface area contributed by atoms with Crippen LogP contribution in [0, 0.1) is 27.3 Å². The minimum absolute atomic E-state index is 0.00562. The van der Waals surface area contributed by atoms with Crippen molar-refractivity contribution in [2.45, 2.75) is 120 Å². The van der Waals surface area contributed by atoms with Crippen molar-refractivity contribution >= 4 is 49.9 Å². The molecule has 4 N–H and O–H groups in total. The number of pyridine rings is 1. The Bertz CT molecular complexity index is 3010. The number of nitro benzene ring substituents is 1. The largest absolute Gasteiger partial charge is 0.489 e. The fourth-order valence-electron chi connectivity index (χ4n) is 11.9. The molecule has 382 valence electrons. The van der Waals surface area contributed by atoms with E-state index in [1.807, 2.05) is 11.8 Å². The molecule has 2 saturated carbocycles. The SMILES string of the molecule is CCC(=O)N1CCN(C2CC3(CCN(c4ccc(C(=O)NS(=O)(=O)c5cc6c(c([N+](=O)[O-])c5)N[C@@H]([C@H]5CC[C@](C)(O)CC5)CO6)c(Oc5cnc6[nH]cc(F)c6c5)c4)CC3)C2)[C@H](c2ccccc2C(C)C)C1. The van der Waals surface area contributed by atoms with Gasteiger partial charge in [0.1, 0.15) is 29.6 Å². The predicted octanol–water partition coefficient (Wildman–Crippen LogP) is 8.80. The van der Waals surface area contributed by atoms with E-state index in [0.29, 0.717) is 56.3 Å². The normalized spacial score (nSPS) is 23.5. The second-order valence-corrected chi connectivity index (χ2v) is 22.9. The fourth-order valence-corrected chi connectivity index (χ4v) is 12.9. The van der Waals surface area contributed by atoms with Crippen LogP contribution in [0.3, 0.4) is 0 Å². The number of nitrogens with zero attached hydrogens (tertiary/aromatic N) is 5. The van der Waals surface area contributed by atoms with Crippen LogP contribution in [0.25, 0.3) is 11.0 Å². The summed E-state index contributed by atoms with van der Waals surface area (Å²) in [7, 11) is -4.74. The Balaban J connectivity index is 0.863. The van der Waals surface area contributed by atoms with Crippen LogP contribution in [0.5, 0.6) is 17.2 Å². The summed E-state index contributed by atoms with van der Waals surface area (Å²) in [6.45, 7) is 12.0. The van der Waals surface area contributed by atoms with Gasteiger partial charge in [-0.1, -0.05) is 45.0 Å². The monoisotopic (exact) mass is 1010 g/mol. The van der Waals surface area contributed by atoms with E-state index in [-0.39, 0.29) is 69.8 Å². The predicted molar refractivity (Wildman–Crippen MR) is 270 cm³/mol. The highest BCUT2D eigenvalue weighted by Gasteiger charge is 2.50. The molecule has 10 rings (SSSR count). The number of anilines is 2. The number of piperidine rings is 1. The van der Waals surface area contributed by atoms with Crippen LogP contribution in [0.4, 0.5) is 21.5 Å². The number of ether oxygens (including phenoxy) is 2. The van der Waals surface area contributed by atoms with Gasteiger partial charge in [-0.3, -0.25) is 24.6 Å². The first-order valence-electron chi connectivity index (χ1n) is 25.2. The number of fused-ring (bicyclic) bond motifs is 2. The van der Waals surface area contributed by atoms with E-state index < -0.39 is 42.9 Å². The zero-order chi connectivity index (χ0) is 50.7. The van der Waals surface area contributed by atoms with Gasteiger partial charge in [0, 0.05) is 75.3 Å². The maximum atomic E-state index is 14.7. The van der Waals surface area contributed by atoms with Crippen LogP contribution >= 0.6 is 0 Å². The van der Waals surface area contributed by atoms with Crippen LogP contribution in [0.15, 0.2) is 78.0 Å². The van der Waals surface area contributed by atoms with Gasteiger partial charge in [0.2, 0.25) is 5.91 Å². The molecule has 5 heterocycles. The first-order chi connectivity index (χ1) is 34.4. The van der Waals surface area contributed by atoms with Gasteiger partial charge >= 0.3 is 0 Å². The summed E-state index contributed by atoms with van der Waals surface area (Å²) in [5.41, 5.74) is 2.40. The molecule has 5 aliphatic rings. The van der Waals surface area contributed by atoms with E-state index in [1.165, 1.54) is 35.7 Å². The first kappa shape index (κ1) is 49.3. The lowest BCUT2D eigenvalue weighted by Crippen LogP contribution is -2.60. The Labute approximate surface area is 418 Å². The van der Waals surface area contributed by atoms with Gasteiger partial charge in [0.15, 0.2) is 11.4 Å². The Hall–Kier alpha value is -6.31. The number of rotatable bonds is 12. The molecule has 4 fully saturated rings. The van der Waals surface area contributed by atoms with Crippen molar-refractivity contribution < 1.29 is 41.9 Å². The number of aromatic nitrogens is 2. The van der Waals surface area contributed by atoms with Crippen molar-refractivity contribution in [3.8, 4) is 17.2 Å². The maximum Gasteiger partial charge on any atom is 0.297 e. The Morgan fingerprint density at radius 3 is 2.51 bits per heavy atom. The maximum absolute atomic E-state index is 14.7. The van der Waals surface area contributed by atoms with Crippen molar-refractivity contribution in [1.29, 1.82) is 0 Å². The number of carbonyl (C=O) groups is 2. The van der Waals surface area contributed by atoms with Crippen molar-refractivity contribution in [1.82, 2.24) is 24.5 Å². The number of aliphatic hydroxyl groups is 1. The van der Waals surface area contributed by atoms with E-state index in [2.05, 4.69) is 67.9 Å². The van der Waals surface area contributed by atoms with Crippen molar-refractivity contribution in [3.05, 3.63) is 106 Å². The quantitative estimate of drug-likeness (QED) is 0.0681. The first-order valence-corrected chi connectivity index (χ1v) is 26.7. The number of hydrogen-bond acceptors (Lipinski definition) is 13. The summed E-state index contributed by atoms with van der Waals surface area (Å²) in [6.07, 6.45) is 9.55. The van der Waals surface area contributed by atoms with E-state index in [9.17, 15) is 37.6 Å². The number of carbonyl (C=O) groups excluding carboxylic acids is 2. The molecule has 2 amide bonds. The van der Waals surface area contributed by atoms with E-state index in [0.717, 1.165) is 69.7 Å². The highest BCUT2D eigenvalue weighted by atomic mass is 32.2. The molecule has 72 heavy (non-hydrogen) atoms. The number of aromatic amines is 1. The topological polar surface area (TPSA) is 213 Å². The molecule has 2 atom stereocenters. The summed E-state index contributed by atoms with van der Waals surface area (Å²) >= 11 is 0. The number of amides is 2. The number of nitro groups is 1. The standard InChI is InChI=1S/C53H63FN8O9S/c1-5-48(63)60-20-21-61(45(30-60)39-9-7-6-8-38(39)32(2)3)35-26-53(27-35)16-18-59(19-17-53)34-10-11-40(46(22-34)71-36-23-41-42(54)29-56-50(41)55-28-36)51(64)58-72(68,69)37-24-44(62(66)67)49-47(25-37)70-31-43(57-49)33-12-14-52(4,65)15-13-33/h6-11,22-25,28-29,32-33,35,43,45,57,65H,5,12-21,26-27,30-31H2,1-4H3,(H,55,56)(H,58,64)/t33-,43-,45+,52-/m1/s1. The number of piperazine rings is 1. The van der Waals surface area contributed by atoms with Crippen LogP contribution in [0.2, 0.25) is 0 Å². The van der Waals surface area contributed by atoms with Crippen LogP contribution in [-0.2, 0) is 14.8 Å². The van der Waals surface area contributed by atoms with Gasteiger partial charge in [-0.15, -0.1) is 0 Å². The molecule has 2 aromatic heterocycles. The minimum atomic E-state index is -4.74. The Morgan fingerprint density at radius 1 is 1.04 bits per heavy atom. The molecule has 2 saturated heterocycles. The lowest BCUT2D eigenvalue weighted by Gasteiger charge is -2.58. The molecular formula is C53H63FN8O9S. The Morgan fingerprint density at radius 2 is 1.79 bits per heavy atom. The minimum Gasteiger partial charge on any atom is -0.489 e. The van der Waals surface area contributed by atoms with Gasteiger partial charge < -0.3 is 34.7 Å². The van der Waals surface area contributed by atoms with Gasteiger partial charge in [-0.2, -0.15) is 0 Å². The third-order valence-corrected chi connectivity index (χ3v) is 17.5. The molecule has 17 nitrogen and oxygen atoms in total. The van der Waals surface area contributed by atoms with Crippen molar-refractivity contribution in [2.24, 2.45) is 11.3 Å². The molecule has 3 aliphatic heterocycles. The number of sulfonamides is 1. The van der Waals surface area contributed by atoms with Gasteiger partial charge in [0.25, 0.3) is 21.6 Å². The molecule has 1 spiro atoms. The molecule has 19 heteroatoms. The van der Waals surface area contributed by atoms with E-state index >= 15 is 0 Å². The molecule has 0 radical (unpaired) electrons. The van der Waals surface area contributed by atoms with Crippen LogP contribution in [-0.4, -0.2) is 107 Å². The Kier molecular flexibility index (Phi) is 13.2. The van der Waals surface area contributed by atoms with Crippen molar-refractivity contribution in [3.63, 3.8) is 0 Å². The van der Waals surface area contributed by atoms with E-state index in [1.54, 1.807) is 19.1 Å². The van der Waals surface area contributed by atoms with Gasteiger partial charge in [0.05, 0.1) is 44.7 Å². The van der Waals surface area contributed by atoms with Crippen LogP contribution in [0.1, 0.15) is 119 Å². The summed E-state index contributed by atoms with van der Waals surface area (Å²) in [4.78, 5) is 52.2. The second-order valence-electron chi connectivity index (χ2n) is 21.2. The molecule has 0 unspecified atom stereocenters. The zero-order valence-corrected chi connectivity index (χ0v) is 42.0. The number of H-pyrrole nitrogens is 1. The van der Waals surface area contributed by atoms with Gasteiger partial charge in [-0.25, -0.2) is 22.5 Å². The lowest BCUT2D eigenvalue weighted by molar-refractivity contribution is -0.384. The summed E-state index contributed by atoms with van der Waals surface area (Å²) in [5, 5.41) is 26.3. The second kappa shape index (κ2) is 19.3. The average molecular weight is 1010 g/mol. The highest BCUT2D eigenvalue weighted by molar-refractivity contribution is 7.90. The number of halogens is 1. The zero-order valence-electron chi connectivity index (χ0n) is 41.2. The van der Waals surface area contributed by atoms with Gasteiger partial charge in [-0.05, 0) is 105 Å². The summed E-state index contributed by atoms with van der Waals surface area (Å²) in [6, 6.07) is 17.2. The smallest absolute Gasteiger partial charge is 0.297 e. The molecule has 3 aromatic carbocycles. The molecule has 0 bridgehead atoms.